The summed E-state index contributed by atoms with van der Waals surface area (Å²) in [7, 11) is 1.59. The van der Waals surface area contributed by atoms with Crippen LogP contribution in [0, 0.1) is 5.92 Å². The standard InChI is InChI=1S/C21H27N3O4S/c1-27-17-9-5-6-10-18(17)28-13-19-24-16(14-29-19)21(26)23-12-11-22-20(25)15-7-3-2-4-8-15/h5-6,9-10,14-15H,2-4,7-8,11-13H2,1H3,(H,22,25)(H,23,26). The molecule has 29 heavy (non-hydrogen) atoms. The average molecular weight is 418 g/mol. The van der Waals surface area contributed by atoms with E-state index in [2.05, 4.69) is 15.6 Å². The molecule has 0 saturated heterocycles. The fourth-order valence-electron chi connectivity index (χ4n) is 3.32. The zero-order valence-corrected chi connectivity index (χ0v) is 17.4. The van der Waals surface area contributed by atoms with Gasteiger partial charge in [-0.15, -0.1) is 11.3 Å². The molecule has 1 aromatic carbocycles. The quantitative estimate of drug-likeness (QED) is 0.612. The molecule has 1 heterocycles. The summed E-state index contributed by atoms with van der Waals surface area (Å²) >= 11 is 1.37. The van der Waals surface area contributed by atoms with Gasteiger partial charge in [-0.05, 0) is 25.0 Å². The second-order valence-corrected chi connectivity index (χ2v) is 7.89. The van der Waals surface area contributed by atoms with Crippen LogP contribution in [0.3, 0.4) is 0 Å². The average Bonchev–Trinajstić information content (AvgIpc) is 3.25. The van der Waals surface area contributed by atoms with Crippen molar-refractivity contribution < 1.29 is 19.1 Å². The second kappa shape index (κ2) is 10.8. The van der Waals surface area contributed by atoms with Crippen LogP contribution in [0.4, 0.5) is 0 Å². The number of hydrogen-bond acceptors (Lipinski definition) is 6. The molecule has 0 aliphatic heterocycles. The van der Waals surface area contributed by atoms with E-state index >= 15 is 0 Å². The molecule has 1 aliphatic carbocycles. The molecule has 0 bridgehead atoms. The summed E-state index contributed by atoms with van der Waals surface area (Å²) < 4.78 is 11.0. The van der Waals surface area contributed by atoms with Gasteiger partial charge in [0.25, 0.3) is 5.91 Å². The van der Waals surface area contributed by atoms with Crippen molar-refractivity contribution in [3.8, 4) is 11.5 Å². The molecule has 156 valence electrons. The first-order valence-corrected chi connectivity index (χ1v) is 10.8. The summed E-state index contributed by atoms with van der Waals surface area (Å²) in [4.78, 5) is 28.7. The Bertz CT molecular complexity index is 818. The molecule has 3 rings (SSSR count). The molecular weight excluding hydrogens is 390 g/mol. The monoisotopic (exact) mass is 417 g/mol. The van der Waals surface area contributed by atoms with Crippen molar-refractivity contribution in [1.82, 2.24) is 15.6 Å². The number of nitrogens with zero attached hydrogens (tertiary/aromatic N) is 1. The van der Waals surface area contributed by atoms with E-state index in [0.717, 1.165) is 25.7 Å². The molecule has 8 heteroatoms. The van der Waals surface area contributed by atoms with Crippen molar-refractivity contribution >= 4 is 23.2 Å². The number of aromatic nitrogens is 1. The zero-order chi connectivity index (χ0) is 20.5. The van der Waals surface area contributed by atoms with Gasteiger partial charge in [0.05, 0.1) is 7.11 Å². The summed E-state index contributed by atoms with van der Waals surface area (Å²) in [5.41, 5.74) is 0.354. The topological polar surface area (TPSA) is 89.6 Å². The summed E-state index contributed by atoms with van der Waals surface area (Å²) in [6.45, 7) is 1.06. The first-order chi connectivity index (χ1) is 14.2. The van der Waals surface area contributed by atoms with Gasteiger partial charge >= 0.3 is 0 Å². The van der Waals surface area contributed by atoms with Gasteiger partial charge < -0.3 is 20.1 Å². The van der Waals surface area contributed by atoms with Crippen LogP contribution >= 0.6 is 11.3 Å². The minimum absolute atomic E-state index is 0.100. The van der Waals surface area contributed by atoms with Crippen molar-refractivity contribution in [2.75, 3.05) is 20.2 Å². The van der Waals surface area contributed by atoms with E-state index in [-0.39, 0.29) is 24.3 Å². The van der Waals surface area contributed by atoms with Gasteiger partial charge in [-0.1, -0.05) is 31.4 Å². The first kappa shape index (κ1) is 21.1. The van der Waals surface area contributed by atoms with Crippen molar-refractivity contribution in [2.45, 2.75) is 38.7 Å². The van der Waals surface area contributed by atoms with Crippen molar-refractivity contribution in [3.63, 3.8) is 0 Å². The lowest BCUT2D eigenvalue weighted by Crippen LogP contribution is -2.38. The van der Waals surface area contributed by atoms with Crippen LogP contribution in [-0.2, 0) is 11.4 Å². The molecule has 1 aromatic heterocycles. The third-order valence-corrected chi connectivity index (χ3v) is 5.71. The lowest BCUT2D eigenvalue weighted by atomic mass is 9.89. The SMILES string of the molecule is COc1ccccc1OCc1nc(C(=O)NCCNC(=O)C2CCCCC2)cs1. The van der Waals surface area contributed by atoms with Gasteiger partial charge in [0.1, 0.15) is 17.3 Å². The van der Waals surface area contributed by atoms with Gasteiger partial charge in [-0.2, -0.15) is 0 Å². The number of thiazole rings is 1. The Labute approximate surface area is 174 Å². The van der Waals surface area contributed by atoms with Crippen LogP contribution in [0.2, 0.25) is 0 Å². The molecule has 0 radical (unpaired) electrons. The van der Waals surface area contributed by atoms with Gasteiger partial charge in [0.15, 0.2) is 11.5 Å². The first-order valence-electron chi connectivity index (χ1n) is 9.93. The van der Waals surface area contributed by atoms with E-state index < -0.39 is 0 Å². The Morgan fingerprint density at radius 1 is 1.10 bits per heavy atom. The molecule has 0 atom stereocenters. The Morgan fingerprint density at radius 2 is 1.83 bits per heavy atom. The minimum atomic E-state index is -0.253. The lowest BCUT2D eigenvalue weighted by molar-refractivity contribution is -0.125. The maximum absolute atomic E-state index is 12.2. The number of carbonyl (C=O) groups is 2. The van der Waals surface area contributed by atoms with Crippen LogP contribution in [0.1, 0.15) is 47.6 Å². The Hall–Kier alpha value is -2.61. The van der Waals surface area contributed by atoms with Crippen molar-refractivity contribution in [3.05, 3.63) is 40.3 Å². The summed E-state index contributed by atoms with van der Waals surface area (Å²) in [6, 6.07) is 7.38. The Balaban J connectivity index is 1.39. The number of ether oxygens (including phenoxy) is 2. The minimum Gasteiger partial charge on any atom is -0.493 e. The van der Waals surface area contributed by atoms with Crippen molar-refractivity contribution in [2.24, 2.45) is 5.92 Å². The molecule has 2 amide bonds. The highest BCUT2D eigenvalue weighted by Crippen LogP contribution is 2.27. The smallest absolute Gasteiger partial charge is 0.270 e. The highest BCUT2D eigenvalue weighted by molar-refractivity contribution is 7.09. The van der Waals surface area contributed by atoms with Gasteiger partial charge in [-0.3, -0.25) is 9.59 Å². The third-order valence-electron chi connectivity index (χ3n) is 4.89. The fourth-order valence-corrected chi connectivity index (χ4v) is 4.01. The predicted octanol–water partition coefficient (Wildman–Crippen LogP) is 3.16. The zero-order valence-electron chi connectivity index (χ0n) is 16.6. The number of benzene rings is 1. The van der Waals surface area contributed by atoms with Gasteiger partial charge in [-0.25, -0.2) is 4.98 Å². The molecule has 1 fully saturated rings. The molecular formula is C21H27N3O4S. The van der Waals surface area contributed by atoms with E-state index in [1.165, 1.54) is 17.8 Å². The van der Waals surface area contributed by atoms with E-state index in [9.17, 15) is 9.59 Å². The normalized spacial score (nSPS) is 14.2. The number of para-hydroxylation sites is 2. The van der Waals surface area contributed by atoms with Crippen LogP contribution < -0.4 is 20.1 Å². The second-order valence-electron chi connectivity index (χ2n) is 6.95. The predicted molar refractivity (Wildman–Crippen MR) is 111 cm³/mol. The highest BCUT2D eigenvalue weighted by atomic mass is 32.1. The number of amides is 2. The molecule has 2 N–H and O–H groups in total. The summed E-state index contributed by atoms with van der Waals surface area (Å²) in [5, 5.41) is 8.11. The number of nitrogens with one attached hydrogen (secondary N) is 2. The maximum Gasteiger partial charge on any atom is 0.270 e. The highest BCUT2D eigenvalue weighted by Gasteiger charge is 2.20. The third kappa shape index (κ3) is 6.19. The molecule has 0 unspecified atom stereocenters. The molecule has 1 saturated carbocycles. The van der Waals surface area contributed by atoms with Gasteiger partial charge in [0.2, 0.25) is 5.91 Å². The largest absolute Gasteiger partial charge is 0.493 e. The molecule has 2 aromatic rings. The molecule has 7 nitrogen and oxygen atoms in total. The maximum atomic E-state index is 12.2. The number of methoxy groups -OCH3 is 1. The van der Waals surface area contributed by atoms with E-state index in [4.69, 9.17) is 9.47 Å². The van der Waals surface area contributed by atoms with Crippen LogP contribution in [0.5, 0.6) is 11.5 Å². The van der Waals surface area contributed by atoms with E-state index in [0.29, 0.717) is 35.3 Å². The Morgan fingerprint density at radius 3 is 2.59 bits per heavy atom. The van der Waals surface area contributed by atoms with Gasteiger partial charge in [0, 0.05) is 24.4 Å². The van der Waals surface area contributed by atoms with Crippen molar-refractivity contribution in [1.29, 1.82) is 0 Å². The summed E-state index contributed by atoms with van der Waals surface area (Å²) in [6.07, 6.45) is 5.41. The van der Waals surface area contributed by atoms with Crippen LogP contribution in [-0.4, -0.2) is 37.0 Å². The molecule has 1 aliphatic rings. The molecule has 0 spiro atoms. The van der Waals surface area contributed by atoms with Crippen LogP contribution in [0.25, 0.3) is 0 Å². The number of carbonyl (C=O) groups excluding carboxylic acids is 2. The lowest BCUT2D eigenvalue weighted by Gasteiger charge is -2.20. The number of rotatable bonds is 9. The van der Waals surface area contributed by atoms with Crippen LogP contribution in [0.15, 0.2) is 29.6 Å². The van der Waals surface area contributed by atoms with E-state index in [1.807, 2.05) is 24.3 Å². The summed E-state index contributed by atoms with van der Waals surface area (Å²) in [5.74, 6) is 1.26. The number of hydrogen-bond donors (Lipinski definition) is 2. The Kier molecular flexibility index (Phi) is 7.86. The fraction of sp³-hybridized carbons (Fsp3) is 0.476. The van der Waals surface area contributed by atoms with E-state index in [1.54, 1.807) is 12.5 Å².